The molecule has 182 valence electrons. The maximum atomic E-state index is 12.2. The number of ether oxygens (including phenoxy) is 1. The summed E-state index contributed by atoms with van der Waals surface area (Å²) in [5.74, 6) is 1.57. The molecule has 34 heavy (non-hydrogen) atoms. The Labute approximate surface area is 218 Å². The maximum Gasteiger partial charge on any atom is 0.246 e. The first-order valence-corrected chi connectivity index (χ1v) is 11.1. The van der Waals surface area contributed by atoms with Gasteiger partial charge in [0.2, 0.25) is 5.91 Å². The second-order valence-corrected chi connectivity index (χ2v) is 7.56. The molecular formula is C25H33IN6O2. The van der Waals surface area contributed by atoms with Crippen LogP contribution in [0.2, 0.25) is 0 Å². The van der Waals surface area contributed by atoms with Crippen molar-refractivity contribution in [1.29, 1.82) is 0 Å². The molecular weight excluding hydrogens is 543 g/mol. The van der Waals surface area contributed by atoms with E-state index in [1.54, 1.807) is 23.1 Å². The van der Waals surface area contributed by atoms with Crippen molar-refractivity contribution in [3.05, 3.63) is 78.1 Å². The lowest BCUT2D eigenvalue weighted by molar-refractivity contribution is -0.116. The molecule has 2 N–H and O–H groups in total. The summed E-state index contributed by atoms with van der Waals surface area (Å²) in [6.45, 7) is 6.86. The largest absolute Gasteiger partial charge is 0.494 e. The minimum absolute atomic E-state index is 0. The topological polar surface area (TPSA) is 83.8 Å². The molecule has 0 aliphatic heterocycles. The zero-order valence-electron chi connectivity index (χ0n) is 19.9. The van der Waals surface area contributed by atoms with E-state index in [0.29, 0.717) is 13.2 Å². The Balaban J connectivity index is 0.00000408. The number of aliphatic imine (C=N–C) groups is 1. The summed E-state index contributed by atoms with van der Waals surface area (Å²) in [6, 6.07) is 17.7. The molecule has 8 nitrogen and oxygen atoms in total. The second-order valence-electron chi connectivity index (χ2n) is 7.56. The number of aromatic nitrogens is 2. The smallest absolute Gasteiger partial charge is 0.246 e. The molecule has 3 rings (SSSR count). The van der Waals surface area contributed by atoms with Gasteiger partial charge >= 0.3 is 0 Å². The number of anilines is 1. The fourth-order valence-electron chi connectivity index (χ4n) is 3.33. The maximum absolute atomic E-state index is 12.2. The van der Waals surface area contributed by atoms with E-state index < -0.39 is 0 Å². The Morgan fingerprint density at radius 3 is 2.59 bits per heavy atom. The fraction of sp³-hybridized carbons (Fsp3) is 0.320. The van der Waals surface area contributed by atoms with Gasteiger partial charge in [-0.2, -0.15) is 5.10 Å². The highest BCUT2D eigenvalue weighted by molar-refractivity contribution is 14.0. The number of benzene rings is 2. The molecule has 1 aromatic heterocycles. The molecule has 0 aliphatic rings. The molecule has 2 aromatic carbocycles. The molecule has 1 heterocycles. The van der Waals surface area contributed by atoms with Crippen molar-refractivity contribution in [2.24, 2.45) is 4.99 Å². The molecule has 0 radical (unpaired) electrons. The van der Waals surface area contributed by atoms with Gasteiger partial charge in [0.05, 0.1) is 13.2 Å². The van der Waals surface area contributed by atoms with E-state index in [1.165, 1.54) is 5.56 Å². The molecule has 0 saturated carbocycles. The summed E-state index contributed by atoms with van der Waals surface area (Å²) in [5.41, 5.74) is 2.93. The molecule has 0 saturated heterocycles. The molecule has 0 atom stereocenters. The summed E-state index contributed by atoms with van der Waals surface area (Å²) >= 11 is 0. The highest BCUT2D eigenvalue weighted by Gasteiger charge is 2.08. The highest BCUT2D eigenvalue weighted by Crippen LogP contribution is 2.14. The van der Waals surface area contributed by atoms with Crippen molar-refractivity contribution in [1.82, 2.24) is 20.0 Å². The standard InChI is InChI=1S/C25H32N6O2.HI/c1-4-26-25(30(3)18-20-10-12-23(13-11-20)33-5-2)27-17-21-8-6-9-22(16-21)29-24(32)19-31-15-7-14-28-31;/h6-16H,4-5,17-19H2,1-3H3,(H,26,27)(H,29,32);1H. The molecule has 3 aromatic rings. The van der Waals surface area contributed by atoms with Crippen molar-refractivity contribution < 1.29 is 9.53 Å². The van der Waals surface area contributed by atoms with Crippen LogP contribution in [-0.4, -0.2) is 46.7 Å². The van der Waals surface area contributed by atoms with Gasteiger partial charge in [-0.05, 0) is 55.3 Å². The predicted octanol–water partition coefficient (Wildman–Crippen LogP) is 4.14. The predicted molar refractivity (Wildman–Crippen MR) is 147 cm³/mol. The first-order valence-electron chi connectivity index (χ1n) is 11.1. The monoisotopic (exact) mass is 576 g/mol. The minimum Gasteiger partial charge on any atom is -0.494 e. The Hall–Kier alpha value is -3.08. The summed E-state index contributed by atoms with van der Waals surface area (Å²) in [4.78, 5) is 19.1. The van der Waals surface area contributed by atoms with Crippen molar-refractivity contribution in [2.45, 2.75) is 33.5 Å². The molecule has 9 heteroatoms. The first kappa shape index (κ1) is 27.2. The lowest BCUT2D eigenvalue weighted by Gasteiger charge is -2.22. The van der Waals surface area contributed by atoms with Gasteiger partial charge in [-0.3, -0.25) is 9.48 Å². The van der Waals surface area contributed by atoms with Gasteiger partial charge in [0.25, 0.3) is 0 Å². The number of hydrogen-bond acceptors (Lipinski definition) is 4. The van der Waals surface area contributed by atoms with Gasteiger partial charge in [-0.1, -0.05) is 24.3 Å². The highest BCUT2D eigenvalue weighted by atomic mass is 127. The second kappa shape index (κ2) is 14.2. The molecule has 1 amide bonds. The van der Waals surface area contributed by atoms with Gasteiger partial charge in [-0.25, -0.2) is 4.99 Å². The number of guanidine groups is 1. The van der Waals surface area contributed by atoms with Gasteiger partial charge in [0.1, 0.15) is 12.3 Å². The molecule has 0 bridgehead atoms. The van der Waals surface area contributed by atoms with Crippen LogP contribution in [0.4, 0.5) is 5.69 Å². The quantitative estimate of drug-likeness (QED) is 0.216. The number of hydrogen-bond donors (Lipinski definition) is 2. The minimum atomic E-state index is -0.122. The molecule has 0 fully saturated rings. The zero-order chi connectivity index (χ0) is 23.5. The summed E-state index contributed by atoms with van der Waals surface area (Å²) in [7, 11) is 2.02. The lowest BCUT2D eigenvalue weighted by Crippen LogP contribution is -2.38. The molecule has 0 spiro atoms. The average molecular weight is 576 g/mol. The van der Waals surface area contributed by atoms with Crippen LogP contribution in [0.3, 0.4) is 0 Å². The van der Waals surface area contributed by atoms with E-state index in [4.69, 9.17) is 9.73 Å². The lowest BCUT2D eigenvalue weighted by atomic mass is 10.2. The third-order valence-electron chi connectivity index (χ3n) is 4.84. The van der Waals surface area contributed by atoms with E-state index in [9.17, 15) is 4.79 Å². The summed E-state index contributed by atoms with van der Waals surface area (Å²) in [6.07, 6.45) is 3.41. The van der Waals surface area contributed by atoms with Crippen LogP contribution in [0.1, 0.15) is 25.0 Å². The van der Waals surface area contributed by atoms with Crippen LogP contribution in [0.5, 0.6) is 5.75 Å². The Morgan fingerprint density at radius 1 is 1.12 bits per heavy atom. The van der Waals surface area contributed by atoms with Crippen molar-refractivity contribution in [3.63, 3.8) is 0 Å². The first-order chi connectivity index (χ1) is 16.1. The number of carbonyl (C=O) groups is 1. The van der Waals surface area contributed by atoms with Crippen molar-refractivity contribution in [3.8, 4) is 5.75 Å². The van der Waals surface area contributed by atoms with Crippen LogP contribution in [0, 0.1) is 0 Å². The van der Waals surface area contributed by atoms with Crippen LogP contribution >= 0.6 is 24.0 Å². The van der Waals surface area contributed by atoms with Gasteiger partial charge in [-0.15, -0.1) is 24.0 Å². The number of amides is 1. The number of nitrogens with zero attached hydrogens (tertiary/aromatic N) is 4. The van der Waals surface area contributed by atoms with E-state index in [-0.39, 0.29) is 36.4 Å². The van der Waals surface area contributed by atoms with Crippen molar-refractivity contribution in [2.75, 3.05) is 25.5 Å². The van der Waals surface area contributed by atoms with Crippen LogP contribution in [0.25, 0.3) is 0 Å². The van der Waals surface area contributed by atoms with Crippen molar-refractivity contribution >= 4 is 41.5 Å². The Kier molecular flexibility index (Phi) is 11.4. The average Bonchev–Trinajstić information content (AvgIpc) is 3.31. The van der Waals surface area contributed by atoms with Gasteiger partial charge in [0, 0.05) is 38.2 Å². The van der Waals surface area contributed by atoms with Gasteiger partial charge < -0.3 is 20.3 Å². The van der Waals surface area contributed by atoms with E-state index in [0.717, 1.165) is 36.0 Å². The van der Waals surface area contributed by atoms with E-state index in [1.807, 2.05) is 50.4 Å². The fourth-order valence-corrected chi connectivity index (χ4v) is 3.33. The van der Waals surface area contributed by atoms with Crippen LogP contribution in [-0.2, 0) is 24.4 Å². The van der Waals surface area contributed by atoms with Crippen LogP contribution in [0.15, 0.2) is 72.0 Å². The molecule has 0 aliphatic carbocycles. The zero-order valence-corrected chi connectivity index (χ0v) is 22.2. The number of rotatable bonds is 10. The Morgan fingerprint density at radius 2 is 1.91 bits per heavy atom. The SMILES string of the molecule is CCNC(=NCc1cccc(NC(=O)Cn2cccn2)c1)N(C)Cc1ccc(OCC)cc1.I. The van der Waals surface area contributed by atoms with Crippen LogP contribution < -0.4 is 15.4 Å². The number of carbonyl (C=O) groups excluding carboxylic acids is 1. The normalized spacial score (nSPS) is 10.9. The van der Waals surface area contributed by atoms with Gasteiger partial charge in [0.15, 0.2) is 5.96 Å². The van der Waals surface area contributed by atoms with E-state index >= 15 is 0 Å². The molecule has 0 unspecified atom stereocenters. The summed E-state index contributed by atoms with van der Waals surface area (Å²) in [5, 5.41) is 10.3. The van der Waals surface area contributed by atoms with E-state index in [2.05, 4.69) is 39.7 Å². The Bertz CT molecular complexity index is 1040. The summed E-state index contributed by atoms with van der Waals surface area (Å²) < 4.78 is 7.11. The third-order valence-corrected chi connectivity index (χ3v) is 4.84. The number of nitrogens with one attached hydrogen (secondary N) is 2. The third kappa shape index (κ3) is 8.69. The number of halogens is 1.